The Morgan fingerprint density at radius 1 is 1.33 bits per heavy atom. The second kappa shape index (κ2) is 5.74. The van der Waals surface area contributed by atoms with Gasteiger partial charge in [-0.15, -0.1) is 0 Å². The summed E-state index contributed by atoms with van der Waals surface area (Å²) in [6, 6.07) is 10.7. The third-order valence-electron chi connectivity index (χ3n) is 2.58. The van der Waals surface area contributed by atoms with Crippen LogP contribution in [0.3, 0.4) is 0 Å². The van der Waals surface area contributed by atoms with Gasteiger partial charge in [0.25, 0.3) is 5.91 Å². The van der Waals surface area contributed by atoms with Gasteiger partial charge in [0.2, 0.25) is 0 Å². The molecule has 0 aliphatic carbocycles. The molecule has 0 spiro atoms. The summed E-state index contributed by atoms with van der Waals surface area (Å²) < 4.78 is 5.24. The molecule has 2 aromatic rings. The fourth-order valence-corrected chi connectivity index (χ4v) is 1.95. The average molecular weight is 264 g/mol. The number of amides is 1. The third-order valence-corrected chi connectivity index (χ3v) is 2.91. The lowest BCUT2D eigenvalue weighted by molar-refractivity contribution is 0.0939. The van der Waals surface area contributed by atoms with Crippen LogP contribution in [0.15, 0.2) is 47.1 Å². The minimum absolute atomic E-state index is 0.0140. The van der Waals surface area contributed by atoms with Crippen molar-refractivity contribution >= 4 is 17.5 Å². The van der Waals surface area contributed by atoms with Gasteiger partial charge in [-0.25, -0.2) is 0 Å². The Hall–Kier alpha value is -1.74. The molecule has 0 aliphatic rings. The zero-order valence-corrected chi connectivity index (χ0v) is 10.8. The number of halogens is 1. The molecule has 1 aromatic heterocycles. The maximum absolute atomic E-state index is 12.0. The standard InChI is InChI=1S/C14H14ClNO2/c1-10(9-11-5-4-8-18-11)16-14(17)12-6-2-3-7-13(12)15/h2-8,10H,9H2,1H3,(H,16,17). The van der Waals surface area contributed by atoms with Crippen LogP contribution < -0.4 is 5.32 Å². The fraction of sp³-hybridized carbons (Fsp3) is 0.214. The normalized spacial score (nSPS) is 12.1. The van der Waals surface area contributed by atoms with Crippen molar-refractivity contribution in [2.24, 2.45) is 0 Å². The highest BCUT2D eigenvalue weighted by Crippen LogP contribution is 2.15. The van der Waals surface area contributed by atoms with E-state index in [-0.39, 0.29) is 11.9 Å². The van der Waals surface area contributed by atoms with Crippen LogP contribution in [-0.2, 0) is 6.42 Å². The summed E-state index contributed by atoms with van der Waals surface area (Å²) in [4.78, 5) is 12.0. The smallest absolute Gasteiger partial charge is 0.253 e. The number of hydrogen-bond acceptors (Lipinski definition) is 2. The molecule has 1 unspecified atom stereocenters. The Labute approximate surface area is 111 Å². The zero-order chi connectivity index (χ0) is 13.0. The molecule has 18 heavy (non-hydrogen) atoms. The quantitative estimate of drug-likeness (QED) is 0.920. The second-order valence-corrected chi connectivity index (χ2v) is 4.55. The van der Waals surface area contributed by atoms with E-state index in [1.165, 1.54) is 0 Å². The summed E-state index contributed by atoms with van der Waals surface area (Å²) >= 11 is 5.97. The maximum Gasteiger partial charge on any atom is 0.253 e. The maximum atomic E-state index is 12.0. The molecule has 1 N–H and O–H groups in total. The molecule has 0 fully saturated rings. The van der Waals surface area contributed by atoms with Crippen LogP contribution in [0.4, 0.5) is 0 Å². The van der Waals surface area contributed by atoms with E-state index in [9.17, 15) is 4.79 Å². The van der Waals surface area contributed by atoms with Crippen LogP contribution in [0.1, 0.15) is 23.0 Å². The van der Waals surface area contributed by atoms with E-state index in [1.807, 2.05) is 19.1 Å². The largest absolute Gasteiger partial charge is 0.469 e. The van der Waals surface area contributed by atoms with E-state index < -0.39 is 0 Å². The Bertz CT molecular complexity index is 522. The van der Waals surface area contributed by atoms with Crippen molar-refractivity contribution < 1.29 is 9.21 Å². The van der Waals surface area contributed by atoms with Gasteiger partial charge in [-0.3, -0.25) is 4.79 Å². The first kappa shape index (κ1) is 12.7. The van der Waals surface area contributed by atoms with E-state index in [0.29, 0.717) is 17.0 Å². The molecule has 0 saturated carbocycles. The lowest BCUT2D eigenvalue weighted by Gasteiger charge is -2.13. The van der Waals surface area contributed by atoms with Gasteiger partial charge in [-0.2, -0.15) is 0 Å². The van der Waals surface area contributed by atoms with Gasteiger partial charge in [0, 0.05) is 12.5 Å². The topological polar surface area (TPSA) is 42.2 Å². The highest BCUT2D eigenvalue weighted by molar-refractivity contribution is 6.33. The molecule has 1 amide bonds. The molecule has 1 aromatic carbocycles. The van der Waals surface area contributed by atoms with Gasteiger partial charge in [-0.1, -0.05) is 23.7 Å². The first-order chi connectivity index (χ1) is 8.66. The van der Waals surface area contributed by atoms with Crippen LogP contribution in [0.5, 0.6) is 0 Å². The van der Waals surface area contributed by atoms with Crippen molar-refractivity contribution in [1.29, 1.82) is 0 Å². The monoisotopic (exact) mass is 263 g/mol. The number of carbonyl (C=O) groups excluding carboxylic acids is 1. The number of rotatable bonds is 4. The molecule has 3 nitrogen and oxygen atoms in total. The van der Waals surface area contributed by atoms with Gasteiger partial charge >= 0.3 is 0 Å². The summed E-state index contributed by atoms with van der Waals surface area (Å²) in [5, 5.41) is 3.35. The average Bonchev–Trinajstić information content (AvgIpc) is 2.82. The fourth-order valence-electron chi connectivity index (χ4n) is 1.73. The molecule has 0 saturated heterocycles. The minimum atomic E-state index is -0.167. The molecule has 1 atom stereocenters. The molecule has 0 radical (unpaired) electrons. The van der Waals surface area contributed by atoms with Gasteiger partial charge in [0.05, 0.1) is 16.8 Å². The van der Waals surface area contributed by atoms with Crippen LogP contribution in [0.2, 0.25) is 5.02 Å². The van der Waals surface area contributed by atoms with E-state index in [4.69, 9.17) is 16.0 Å². The van der Waals surface area contributed by atoms with E-state index >= 15 is 0 Å². The van der Waals surface area contributed by atoms with Crippen molar-refractivity contribution in [3.05, 3.63) is 59.0 Å². The van der Waals surface area contributed by atoms with E-state index in [0.717, 1.165) is 5.76 Å². The van der Waals surface area contributed by atoms with Crippen molar-refractivity contribution in [2.75, 3.05) is 0 Å². The molecule has 2 rings (SSSR count). The van der Waals surface area contributed by atoms with E-state index in [1.54, 1.807) is 30.5 Å². The van der Waals surface area contributed by atoms with Crippen molar-refractivity contribution in [3.8, 4) is 0 Å². The Morgan fingerprint density at radius 2 is 2.11 bits per heavy atom. The highest BCUT2D eigenvalue weighted by Gasteiger charge is 2.13. The molecule has 0 aliphatic heterocycles. The molecular formula is C14H14ClNO2. The van der Waals surface area contributed by atoms with Crippen molar-refractivity contribution in [2.45, 2.75) is 19.4 Å². The Morgan fingerprint density at radius 3 is 2.78 bits per heavy atom. The Balaban J connectivity index is 1.97. The number of hydrogen-bond donors (Lipinski definition) is 1. The Kier molecular flexibility index (Phi) is 4.05. The zero-order valence-electron chi connectivity index (χ0n) is 10.0. The minimum Gasteiger partial charge on any atom is -0.469 e. The number of carbonyl (C=O) groups is 1. The molecular weight excluding hydrogens is 250 g/mol. The van der Waals surface area contributed by atoms with Gasteiger partial charge in [0.15, 0.2) is 0 Å². The van der Waals surface area contributed by atoms with Crippen LogP contribution in [0, 0.1) is 0 Å². The SMILES string of the molecule is CC(Cc1ccco1)NC(=O)c1ccccc1Cl. The summed E-state index contributed by atoms with van der Waals surface area (Å²) in [5.41, 5.74) is 0.491. The first-order valence-corrected chi connectivity index (χ1v) is 6.12. The van der Waals surface area contributed by atoms with Gasteiger partial charge in [-0.05, 0) is 31.2 Å². The number of furan rings is 1. The molecule has 0 bridgehead atoms. The third kappa shape index (κ3) is 3.14. The van der Waals surface area contributed by atoms with E-state index in [2.05, 4.69) is 5.32 Å². The van der Waals surface area contributed by atoms with Gasteiger partial charge in [0.1, 0.15) is 5.76 Å². The predicted octanol–water partition coefficient (Wildman–Crippen LogP) is 3.29. The van der Waals surface area contributed by atoms with Crippen LogP contribution in [-0.4, -0.2) is 11.9 Å². The van der Waals surface area contributed by atoms with Crippen LogP contribution in [0.25, 0.3) is 0 Å². The number of benzene rings is 1. The number of nitrogens with one attached hydrogen (secondary N) is 1. The lowest BCUT2D eigenvalue weighted by Crippen LogP contribution is -2.34. The lowest BCUT2D eigenvalue weighted by atomic mass is 10.1. The summed E-state index contributed by atoms with van der Waals surface area (Å²) in [6.07, 6.45) is 2.28. The summed E-state index contributed by atoms with van der Waals surface area (Å²) in [6.45, 7) is 1.93. The highest BCUT2D eigenvalue weighted by atomic mass is 35.5. The molecule has 4 heteroatoms. The van der Waals surface area contributed by atoms with Crippen LogP contribution >= 0.6 is 11.6 Å². The second-order valence-electron chi connectivity index (χ2n) is 4.14. The summed E-state index contributed by atoms with van der Waals surface area (Å²) in [7, 11) is 0. The summed E-state index contributed by atoms with van der Waals surface area (Å²) in [5.74, 6) is 0.682. The van der Waals surface area contributed by atoms with Crippen molar-refractivity contribution in [1.82, 2.24) is 5.32 Å². The predicted molar refractivity (Wildman–Crippen MR) is 70.8 cm³/mol. The molecule has 94 valence electrons. The molecule has 1 heterocycles. The van der Waals surface area contributed by atoms with Crippen molar-refractivity contribution in [3.63, 3.8) is 0 Å². The first-order valence-electron chi connectivity index (χ1n) is 5.74. The van der Waals surface area contributed by atoms with Gasteiger partial charge < -0.3 is 9.73 Å².